The SMILES string of the molecule is O=P(O)(Oc1c(Br)cccc1Br)Oc1c(Br)cccc1Br. The van der Waals surface area contributed by atoms with Gasteiger partial charge in [-0.1, -0.05) is 12.1 Å². The molecule has 0 bridgehead atoms. The van der Waals surface area contributed by atoms with Crippen LogP contribution in [0.4, 0.5) is 0 Å². The Labute approximate surface area is 155 Å². The summed E-state index contributed by atoms with van der Waals surface area (Å²) in [4.78, 5) is 9.95. The van der Waals surface area contributed by atoms with Crippen molar-refractivity contribution in [2.75, 3.05) is 0 Å². The van der Waals surface area contributed by atoms with E-state index in [0.29, 0.717) is 17.9 Å². The monoisotopic (exact) mass is 562 g/mol. The zero-order valence-electron chi connectivity index (χ0n) is 10.1. The van der Waals surface area contributed by atoms with E-state index in [2.05, 4.69) is 63.7 Å². The Morgan fingerprint density at radius 1 is 0.762 bits per heavy atom. The Morgan fingerprint density at radius 2 is 1.05 bits per heavy atom. The fourth-order valence-electron chi connectivity index (χ4n) is 1.39. The smallest absolute Gasteiger partial charge is 0.393 e. The molecule has 0 aliphatic carbocycles. The van der Waals surface area contributed by atoms with Crippen LogP contribution in [0.1, 0.15) is 0 Å². The van der Waals surface area contributed by atoms with E-state index in [1.54, 1.807) is 36.4 Å². The van der Waals surface area contributed by atoms with Crippen LogP contribution in [0, 0.1) is 0 Å². The zero-order valence-corrected chi connectivity index (χ0v) is 17.3. The lowest BCUT2D eigenvalue weighted by Crippen LogP contribution is -2.01. The number of hydrogen-bond acceptors (Lipinski definition) is 3. The standard InChI is InChI=1S/C12H7Br4O4P/c13-7-3-1-4-8(14)11(7)19-21(17,18)20-12-9(15)5-2-6-10(12)16/h1-6H,(H,17,18). The summed E-state index contributed by atoms with van der Waals surface area (Å²) < 4.78 is 24.6. The Balaban J connectivity index is 2.29. The third kappa shape index (κ3) is 4.56. The highest BCUT2D eigenvalue weighted by Crippen LogP contribution is 2.51. The molecular formula is C12H7Br4O4P. The number of phosphoric ester groups is 1. The van der Waals surface area contributed by atoms with Gasteiger partial charge in [0.1, 0.15) is 0 Å². The zero-order chi connectivity index (χ0) is 15.6. The third-order valence-electron chi connectivity index (χ3n) is 2.25. The van der Waals surface area contributed by atoms with Gasteiger partial charge in [0.05, 0.1) is 17.9 Å². The fraction of sp³-hybridized carbons (Fsp3) is 0. The minimum absolute atomic E-state index is 0.187. The van der Waals surface area contributed by atoms with Crippen molar-refractivity contribution in [3.8, 4) is 11.5 Å². The molecule has 0 aliphatic rings. The van der Waals surface area contributed by atoms with E-state index >= 15 is 0 Å². The van der Waals surface area contributed by atoms with Crippen molar-refractivity contribution in [1.29, 1.82) is 0 Å². The van der Waals surface area contributed by atoms with Crippen LogP contribution in [0.25, 0.3) is 0 Å². The highest BCUT2D eigenvalue weighted by molar-refractivity contribution is 9.11. The van der Waals surface area contributed by atoms with Crippen LogP contribution in [0.5, 0.6) is 11.5 Å². The summed E-state index contributed by atoms with van der Waals surface area (Å²) >= 11 is 13.0. The van der Waals surface area contributed by atoms with Gasteiger partial charge in [0, 0.05) is 0 Å². The van der Waals surface area contributed by atoms with Crippen molar-refractivity contribution >= 4 is 71.5 Å². The number of benzene rings is 2. The van der Waals surface area contributed by atoms with Crippen LogP contribution < -0.4 is 9.05 Å². The summed E-state index contributed by atoms with van der Waals surface area (Å²) in [6.45, 7) is 0. The van der Waals surface area contributed by atoms with E-state index in [1.165, 1.54) is 0 Å². The third-order valence-corrected chi connectivity index (χ3v) is 5.58. The normalized spacial score (nSPS) is 11.3. The number of phosphoric acid groups is 1. The van der Waals surface area contributed by atoms with Crippen molar-refractivity contribution in [2.24, 2.45) is 0 Å². The van der Waals surface area contributed by atoms with Gasteiger partial charge in [-0.05, 0) is 88.0 Å². The molecule has 0 unspecified atom stereocenters. The molecule has 0 radical (unpaired) electrons. The van der Waals surface area contributed by atoms with Crippen LogP contribution in [-0.2, 0) is 4.57 Å². The van der Waals surface area contributed by atoms with Crippen molar-refractivity contribution in [1.82, 2.24) is 0 Å². The second-order valence-corrected chi connectivity index (χ2v) is 8.47. The van der Waals surface area contributed by atoms with Gasteiger partial charge in [0.25, 0.3) is 0 Å². The minimum atomic E-state index is -4.36. The summed E-state index contributed by atoms with van der Waals surface area (Å²) in [5.74, 6) is 0.373. The molecule has 0 atom stereocenters. The molecule has 0 aromatic heterocycles. The Kier molecular flexibility index (Phi) is 5.96. The highest BCUT2D eigenvalue weighted by atomic mass is 79.9. The van der Waals surface area contributed by atoms with Gasteiger partial charge >= 0.3 is 7.82 Å². The quantitative estimate of drug-likeness (QED) is 0.443. The lowest BCUT2D eigenvalue weighted by Gasteiger charge is -2.17. The Bertz CT molecular complexity index is 624. The molecule has 0 aliphatic heterocycles. The van der Waals surface area contributed by atoms with Gasteiger partial charge < -0.3 is 9.05 Å². The second kappa shape index (κ2) is 7.15. The van der Waals surface area contributed by atoms with Gasteiger partial charge in [0.15, 0.2) is 11.5 Å². The van der Waals surface area contributed by atoms with Crippen LogP contribution in [0.2, 0.25) is 0 Å². The Hall–Kier alpha value is 0.150. The van der Waals surface area contributed by atoms with Crippen molar-refractivity contribution < 1.29 is 18.5 Å². The van der Waals surface area contributed by atoms with Gasteiger partial charge in [-0.3, -0.25) is 4.89 Å². The van der Waals surface area contributed by atoms with Crippen LogP contribution in [-0.4, -0.2) is 4.89 Å². The number of halogens is 4. The first-order valence-corrected chi connectivity index (χ1v) is 10.1. The van der Waals surface area contributed by atoms with Crippen molar-refractivity contribution in [2.45, 2.75) is 0 Å². The first-order valence-electron chi connectivity index (χ1n) is 5.40. The molecule has 0 heterocycles. The summed E-state index contributed by atoms with van der Waals surface area (Å²) in [6, 6.07) is 10.3. The molecule has 2 aromatic carbocycles. The molecular weight excluding hydrogens is 559 g/mol. The molecule has 0 saturated carbocycles. The molecule has 21 heavy (non-hydrogen) atoms. The van der Waals surface area contributed by atoms with Gasteiger partial charge in [-0.15, -0.1) is 0 Å². The van der Waals surface area contributed by atoms with E-state index in [1.807, 2.05) is 0 Å². The van der Waals surface area contributed by atoms with Crippen LogP contribution in [0.3, 0.4) is 0 Å². The lowest BCUT2D eigenvalue weighted by molar-refractivity contribution is 0.288. The molecule has 0 spiro atoms. The molecule has 1 N–H and O–H groups in total. The maximum atomic E-state index is 12.2. The van der Waals surface area contributed by atoms with Crippen LogP contribution in [0.15, 0.2) is 54.3 Å². The molecule has 0 saturated heterocycles. The first-order chi connectivity index (χ1) is 9.80. The molecule has 2 aromatic rings. The van der Waals surface area contributed by atoms with E-state index in [-0.39, 0.29) is 11.5 Å². The highest BCUT2D eigenvalue weighted by Gasteiger charge is 2.29. The minimum Gasteiger partial charge on any atom is -0.393 e. The predicted octanol–water partition coefficient (Wildman–Crippen LogP) is 6.29. The molecule has 2 rings (SSSR count). The largest absolute Gasteiger partial charge is 0.585 e. The van der Waals surface area contributed by atoms with Crippen LogP contribution >= 0.6 is 71.5 Å². The van der Waals surface area contributed by atoms with Crippen molar-refractivity contribution in [3.63, 3.8) is 0 Å². The molecule has 0 fully saturated rings. The van der Waals surface area contributed by atoms with E-state index in [4.69, 9.17) is 9.05 Å². The number of hydrogen-bond donors (Lipinski definition) is 1. The van der Waals surface area contributed by atoms with Gasteiger partial charge in [-0.25, -0.2) is 4.57 Å². The Morgan fingerprint density at radius 3 is 1.33 bits per heavy atom. The maximum absolute atomic E-state index is 12.2. The predicted molar refractivity (Wildman–Crippen MR) is 94.8 cm³/mol. The fourth-order valence-corrected chi connectivity index (χ4v) is 5.10. The second-order valence-electron chi connectivity index (χ2n) is 3.75. The lowest BCUT2D eigenvalue weighted by atomic mass is 10.3. The van der Waals surface area contributed by atoms with E-state index in [9.17, 15) is 9.46 Å². The van der Waals surface area contributed by atoms with Gasteiger partial charge in [-0.2, -0.15) is 0 Å². The molecule has 4 nitrogen and oxygen atoms in total. The average molecular weight is 566 g/mol. The molecule has 112 valence electrons. The summed E-state index contributed by atoms with van der Waals surface area (Å²) in [7, 11) is -4.36. The average Bonchev–Trinajstić information content (AvgIpc) is 2.39. The van der Waals surface area contributed by atoms with Crippen molar-refractivity contribution in [3.05, 3.63) is 54.3 Å². The molecule has 9 heteroatoms. The molecule has 0 amide bonds. The number of para-hydroxylation sites is 2. The van der Waals surface area contributed by atoms with E-state index < -0.39 is 7.82 Å². The summed E-state index contributed by atoms with van der Waals surface area (Å²) in [6.07, 6.45) is 0. The topological polar surface area (TPSA) is 55.8 Å². The van der Waals surface area contributed by atoms with E-state index in [0.717, 1.165) is 0 Å². The summed E-state index contributed by atoms with van der Waals surface area (Å²) in [5.41, 5.74) is 0. The van der Waals surface area contributed by atoms with Gasteiger partial charge in [0.2, 0.25) is 0 Å². The summed E-state index contributed by atoms with van der Waals surface area (Å²) in [5, 5.41) is 0. The maximum Gasteiger partial charge on any atom is 0.585 e. The first kappa shape index (κ1) is 17.5. The number of rotatable bonds is 4.